The second-order valence-corrected chi connectivity index (χ2v) is 23.0. The van der Waals surface area contributed by atoms with Gasteiger partial charge in [-0.2, -0.15) is 0 Å². The Morgan fingerprint density at radius 3 is 1.72 bits per heavy atom. The van der Waals surface area contributed by atoms with Crippen LogP contribution < -0.4 is 0 Å². The van der Waals surface area contributed by atoms with Gasteiger partial charge in [0.05, 0.1) is 39.0 Å². The molecular formula is C64H64N4O. The highest BCUT2D eigenvalue weighted by atomic mass is 16.3. The molecule has 10 rings (SSSR count). The van der Waals surface area contributed by atoms with E-state index in [9.17, 15) is 5.11 Å². The molecule has 7 aromatic carbocycles. The van der Waals surface area contributed by atoms with Crippen molar-refractivity contribution >= 4 is 32.8 Å². The molecular weight excluding hydrogens is 841 g/mol. The van der Waals surface area contributed by atoms with Gasteiger partial charge >= 0.3 is 0 Å². The number of imidazole rings is 1. The maximum atomic E-state index is 12.7. The van der Waals surface area contributed by atoms with Gasteiger partial charge in [0.15, 0.2) is 0 Å². The Kier molecular flexibility index (Phi) is 10.9. The summed E-state index contributed by atoms with van der Waals surface area (Å²) in [4.78, 5) is 11.0. The van der Waals surface area contributed by atoms with Crippen molar-refractivity contribution in [3.8, 4) is 62.0 Å². The molecule has 0 aliphatic heterocycles. The highest BCUT2D eigenvalue weighted by molar-refractivity contribution is 6.15. The van der Waals surface area contributed by atoms with Crippen LogP contribution in [-0.2, 0) is 21.7 Å². The Bertz CT molecular complexity index is 3580. The number of para-hydroxylation sites is 3. The van der Waals surface area contributed by atoms with Crippen LogP contribution in [0.3, 0.4) is 0 Å². The van der Waals surface area contributed by atoms with E-state index in [-0.39, 0.29) is 27.4 Å². The van der Waals surface area contributed by atoms with Gasteiger partial charge in [0, 0.05) is 44.9 Å². The Balaban J connectivity index is 1.30. The maximum Gasteiger partial charge on any atom is 0.149 e. The first kappa shape index (κ1) is 45.5. The molecule has 0 saturated heterocycles. The van der Waals surface area contributed by atoms with E-state index in [4.69, 9.17) is 9.97 Å². The van der Waals surface area contributed by atoms with Gasteiger partial charge in [-0.25, -0.2) is 4.98 Å². The van der Waals surface area contributed by atoms with Crippen molar-refractivity contribution < 1.29 is 5.11 Å². The first-order valence-electron chi connectivity index (χ1n) is 24.4. The minimum absolute atomic E-state index is 0.0819. The van der Waals surface area contributed by atoms with E-state index < -0.39 is 0 Å². The number of phenols is 1. The van der Waals surface area contributed by atoms with E-state index >= 15 is 0 Å². The lowest BCUT2D eigenvalue weighted by atomic mass is 9.79. The normalized spacial score (nSPS) is 12.7. The van der Waals surface area contributed by atoms with Crippen molar-refractivity contribution in [2.45, 2.75) is 105 Å². The van der Waals surface area contributed by atoms with E-state index in [2.05, 4.69) is 250 Å². The molecule has 69 heavy (non-hydrogen) atoms. The van der Waals surface area contributed by atoms with Crippen LogP contribution >= 0.6 is 0 Å². The Morgan fingerprint density at radius 2 is 1.04 bits per heavy atom. The summed E-state index contributed by atoms with van der Waals surface area (Å²) in [5.74, 6) is 0.951. The molecule has 0 amide bonds. The van der Waals surface area contributed by atoms with Gasteiger partial charge in [0.1, 0.15) is 11.6 Å². The molecule has 5 heteroatoms. The van der Waals surface area contributed by atoms with Crippen molar-refractivity contribution in [2.75, 3.05) is 0 Å². The Labute approximate surface area is 408 Å². The van der Waals surface area contributed by atoms with E-state index in [1.165, 1.54) is 11.1 Å². The summed E-state index contributed by atoms with van der Waals surface area (Å²) in [5.41, 5.74) is 16.8. The number of fused-ring (bicyclic) bond motifs is 4. The van der Waals surface area contributed by atoms with Crippen LogP contribution in [0.4, 0.5) is 0 Å². The summed E-state index contributed by atoms with van der Waals surface area (Å²) < 4.78 is 4.66. The highest BCUT2D eigenvalue weighted by Crippen LogP contribution is 2.47. The summed E-state index contributed by atoms with van der Waals surface area (Å²) >= 11 is 0. The molecule has 1 N–H and O–H groups in total. The van der Waals surface area contributed by atoms with Crippen molar-refractivity contribution in [3.05, 3.63) is 186 Å². The topological polar surface area (TPSA) is 55.9 Å². The minimum atomic E-state index is -0.334. The van der Waals surface area contributed by atoms with E-state index in [1.54, 1.807) is 0 Å². The molecule has 0 spiro atoms. The average molecular weight is 905 g/mol. The van der Waals surface area contributed by atoms with Gasteiger partial charge in [-0.1, -0.05) is 180 Å². The van der Waals surface area contributed by atoms with Crippen LogP contribution in [0.5, 0.6) is 5.75 Å². The molecule has 5 nitrogen and oxygen atoms in total. The summed E-state index contributed by atoms with van der Waals surface area (Å²) in [6.07, 6.45) is 1.95. The third-order valence-electron chi connectivity index (χ3n) is 13.9. The van der Waals surface area contributed by atoms with Crippen LogP contribution in [-0.4, -0.2) is 24.2 Å². The van der Waals surface area contributed by atoms with Gasteiger partial charge in [0.2, 0.25) is 0 Å². The number of hydrogen-bond acceptors (Lipinski definition) is 3. The molecule has 0 bridgehead atoms. The number of benzene rings is 7. The molecule has 346 valence electrons. The van der Waals surface area contributed by atoms with Crippen molar-refractivity contribution in [3.63, 3.8) is 0 Å². The van der Waals surface area contributed by atoms with Crippen LogP contribution in [0.2, 0.25) is 0 Å². The molecule has 0 unspecified atom stereocenters. The van der Waals surface area contributed by atoms with Gasteiger partial charge in [-0.3, -0.25) is 9.55 Å². The quantitative estimate of drug-likeness (QED) is 0.181. The molecule has 3 heterocycles. The van der Waals surface area contributed by atoms with Crippen molar-refractivity contribution in [2.24, 2.45) is 0 Å². The van der Waals surface area contributed by atoms with Crippen LogP contribution in [0.25, 0.3) is 89.1 Å². The lowest BCUT2D eigenvalue weighted by molar-refractivity contribution is 0.446. The monoisotopic (exact) mass is 905 g/mol. The number of nitrogens with zero attached hydrogens (tertiary/aromatic N) is 4. The largest absolute Gasteiger partial charge is 0.507 e. The Hall–Kier alpha value is -7.24. The average Bonchev–Trinajstić information content (AvgIpc) is 3.87. The molecule has 3 aromatic heterocycles. The third-order valence-corrected chi connectivity index (χ3v) is 13.9. The Morgan fingerprint density at radius 1 is 0.435 bits per heavy atom. The zero-order chi connectivity index (χ0) is 48.8. The fraction of sp³-hybridized carbons (Fsp3) is 0.250. The van der Waals surface area contributed by atoms with Crippen LogP contribution in [0.15, 0.2) is 164 Å². The zero-order valence-electron chi connectivity index (χ0n) is 42.3. The lowest BCUT2D eigenvalue weighted by Crippen LogP contribution is -2.17. The predicted molar refractivity (Wildman–Crippen MR) is 291 cm³/mol. The number of pyridine rings is 1. The van der Waals surface area contributed by atoms with E-state index in [1.807, 2.05) is 6.20 Å². The second kappa shape index (κ2) is 16.5. The fourth-order valence-electron chi connectivity index (χ4n) is 9.95. The molecule has 0 atom stereocenters. The van der Waals surface area contributed by atoms with Gasteiger partial charge in [-0.05, 0) is 110 Å². The minimum Gasteiger partial charge on any atom is -0.507 e. The molecule has 10 aromatic rings. The smallest absolute Gasteiger partial charge is 0.149 e. The maximum absolute atomic E-state index is 12.7. The third kappa shape index (κ3) is 8.12. The fourth-order valence-corrected chi connectivity index (χ4v) is 9.95. The van der Waals surface area contributed by atoms with Gasteiger partial charge in [0.25, 0.3) is 0 Å². The first-order chi connectivity index (χ1) is 32.7. The highest BCUT2D eigenvalue weighted by Gasteiger charge is 2.30. The predicted octanol–water partition coefficient (Wildman–Crippen LogP) is 17.1. The number of rotatable bonds is 6. The first-order valence-corrected chi connectivity index (χ1v) is 24.4. The summed E-state index contributed by atoms with van der Waals surface area (Å²) in [6.45, 7) is 26.9. The standard InChI is InChI=1S/C64H64N4O/c1-61(2,3)43-30-31-53(49(37-43)40-22-15-13-16-23-40)68-55-29-21-27-47(58(55)66-60(68)50-38-45(63(7,8)9)39-51(59(50)69)64(10,11)12)41-34-42(36-44(35-41)62(4,5)6)57-56-48-26-19-20-28-52(48)67(54(56)32-33-65-57)46-24-17-14-18-25-46/h13-39,69H,1-12H3. The van der Waals surface area contributed by atoms with E-state index in [0.29, 0.717) is 11.4 Å². The molecule has 0 fully saturated rings. The molecule has 0 aliphatic rings. The number of aromatic nitrogens is 4. The summed E-state index contributed by atoms with van der Waals surface area (Å²) in [6, 6.07) is 56.8. The molecule has 0 radical (unpaired) electrons. The molecule has 0 aliphatic carbocycles. The van der Waals surface area contributed by atoms with Crippen LogP contribution in [0.1, 0.15) is 105 Å². The molecule has 0 saturated carbocycles. The second-order valence-electron chi connectivity index (χ2n) is 23.0. The number of aromatic hydroxyl groups is 1. The zero-order valence-corrected chi connectivity index (χ0v) is 42.3. The van der Waals surface area contributed by atoms with Crippen molar-refractivity contribution in [1.29, 1.82) is 0 Å². The number of phenolic OH excluding ortho intramolecular Hbond substituents is 1. The number of hydrogen-bond donors (Lipinski definition) is 1. The van der Waals surface area contributed by atoms with Gasteiger partial charge < -0.3 is 9.67 Å². The summed E-state index contributed by atoms with van der Waals surface area (Å²) in [5, 5.41) is 14.9. The SMILES string of the molecule is CC(C)(C)c1cc(-c2cccc3c2nc(-c2cc(C(C)(C)C)cc(C(C)(C)C)c2O)n3-c2ccc(C(C)(C)C)cc2-c2ccccc2)cc(-c2nccc3c2c2ccccc2n3-c2ccccc2)c1. The van der Waals surface area contributed by atoms with Gasteiger partial charge in [-0.15, -0.1) is 0 Å². The summed E-state index contributed by atoms with van der Waals surface area (Å²) in [7, 11) is 0. The lowest BCUT2D eigenvalue weighted by Gasteiger charge is -2.28. The van der Waals surface area contributed by atoms with Crippen molar-refractivity contribution in [1.82, 2.24) is 19.1 Å². The van der Waals surface area contributed by atoms with Crippen LogP contribution in [0, 0.1) is 0 Å². The van der Waals surface area contributed by atoms with E-state index in [0.717, 1.165) is 88.9 Å².